The molecule has 7 nitrogen and oxygen atoms in total. The summed E-state index contributed by atoms with van der Waals surface area (Å²) in [4.78, 5) is 17.4. The number of nitrogens with one attached hydrogen (secondary N) is 1. The lowest BCUT2D eigenvalue weighted by Crippen LogP contribution is -2.31. The molecule has 2 fully saturated rings. The molecule has 4 rings (SSSR count). The molecular formula is C16H20N4O3. The van der Waals surface area contributed by atoms with Crippen molar-refractivity contribution < 1.29 is 14.6 Å². The van der Waals surface area contributed by atoms with Crippen LogP contribution in [0.3, 0.4) is 0 Å². The Morgan fingerprint density at radius 1 is 1.43 bits per heavy atom. The Bertz CT molecular complexity index is 718. The van der Waals surface area contributed by atoms with Crippen molar-refractivity contribution in [2.24, 2.45) is 7.05 Å². The molecule has 0 bridgehead atoms. The highest BCUT2D eigenvalue weighted by Crippen LogP contribution is 2.41. The predicted octanol–water partition coefficient (Wildman–Crippen LogP) is 0.890. The molecule has 2 aliphatic rings. The summed E-state index contributed by atoms with van der Waals surface area (Å²) in [5.41, 5.74) is 1.75. The number of aryl methyl sites for hydroxylation is 1. The first kappa shape index (κ1) is 14.3. The normalized spacial score (nSPS) is 24.2. The average molecular weight is 316 g/mol. The Morgan fingerprint density at radius 3 is 2.96 bits per heavy atom. The number of aliphatic hydroxyl groups is 1. The highest BCUT2D eigenvalue weighted by molar-refractivity contribution is 5.94. The van der Waals surface area contributed by atoms with E-state index in [1.165, 1.54) is 0 Å². The van der Waals surface area contributed by atoms with Gasteiger partial charge in [-0.1, -0.05) is 0 Å². The summed E-state index contributed by atoms with van der Waals surface area (Å²) in [5, 5.41) is 14.2. The van der Waals surface area contributed by atoms with Crippen molar-refractivity contribution in [1.82, 2.24) is 19.7 Å². The smallest absolute Gasteiger partial charge is 0.270 e. The van der Waals surface area contributed by atoms with Gasteiger partial charge >= 0.3 is 0 Å². The van der Waals surface area contributed by atoms with Gasteiger partial charge in [0.1, 0.15) is 17.9 Å². The number of aliphatic hydroxyl groups excluding tert-OH is 1. The first-order valence-corrected chi connectivity index (χ1v) is 7.91. The Morgan fingerprint density at radius 2 is 2.26 bits per heavy atom. The van der Waals surface area contributed by atoms with Gasteiger partial charge in [0.05, 0.1) is 25.5 Å². The molecule has 0 radical (unpaired) electrons. The molecule has 3 heterocycles. The van der Waals surface area contributed by atoms with Crippen LogP contribution in [-0.2, 0) is 7.05 Å². The average Bonchev–Trinajstić information content (AvgIpc) is 2.93. The van der Waals surface area contributed by atoms with Crippen LogP contribution in [0.5, 0.6) is 5.75 Å². The number of carbonyl (C=O) groups excluding carboxylic acids is 1. The maximum atomic E-state index is 12.7. The zero-order valence-corrected chi connectivity index (χ0v) is 13.0. The third kappa shape index (κ3) is 2.72. The molecule has 1 aliphatic heterocycles. The summed E-state index contributed by atoms with van der Waals surface area (Å²) in [7, 11) is 1.80. The number of nitrogens with zero attached hydrogens (tertiary/aromatic N) is 3. The summed E-state index contributed by atoms with van der Waals surface area (Å²) >= 11 is 0. The van der Waals surface area contributed by atoms with Gasteiger partial charge in [-0.05, 0) is 30.4 Å². The molecule has 2 N–H and O–H groups in total. The molecule has 122 valence electrons. The number of rotatable bonds is 4. The van der Waals surface area contributed by atoms with Crippen LogP contribution in [-0.4, -0.2) is 56.0 Å². The van der Waals surface area contributed by atoms with E-state index < -0.39 is 12.2 Å². The minimum Gasteiger partial charge on any atom is -0.482 e. The van der Waals surface area contributed by atoms with E-state index in [9.17, 15) is 9.90 Å². The van der Waals surface area contributed by atoms with E-state index in [1.54, 1.807) is 29.0 Å². The molecule has 2 atom stereocenters. The van der Waals surface area contributed by atoms with E-state index in [2.05, 4.69) is 10.1 Å². The zero-order chi connectivity index (χ0) is 16.0. The SMILES string of the molecule is Cn1cc(O[C@@H]2CN(C(=O)c3[nH]ccc3C3CC3)C[C@H]2O)cn1. The van der Waals surface area contributed by atoms with Gasteiger partial charge in [0.2, 0.25) is 0 Å². The van der Waals surface area contributed by atoms with Crippen LogP contribution < -0.4 is 4.74 Å². The molecule has 1 amide bonds. The Labute approximate surface area is 133 Å². The second-order valence-corrected chi connectivity index (χ2v) is 6.37. The van der Waals surface area contributed by atoms with E-state index in [-0.39, 0.29) is 12.5 Å². The summed E-state index contributed by atoms with van der Waals surface area (Å²) < 4.78 is 7.40. The minimum absolute atomic E-state index is 0.0618. The standard InChI is InChI=1S/C16H20N4O3/c1-19-7-11(6-18-19)23-14-9-20(8-13(14)21)16(22)15-12(4-5-17-15)10-2-3-10/h4-7,10,13-14,17,21H,2-3,8-9H2,1H3/t13-,14-/m1/s1. The van der Waals surface area contributed by atoms with E-state index in [1.807, 2.05) is 12.3 Å². The van der Waals surface area contributed by atoms with Crippen LogP contribution in [0.25, 0.3) is 0 Å². The van der Waals surface area contributed by atoms with Crippen molar-refractivity contribution in [2.45, 2.75) is 31.0 Å². The fraction of sp³-hybridized carbons (Fsp3) is 0.500. The topological polar surface area (TPSA) is 83.4 Å². The number of aromatic amines is 1. The molecule has 23 heavy (non-hydrogen) atoms. The molecule has 2 aromatic heterocycles. The Balaban J connectivity index is 1.46. The van der Waals surface area contributed by atoms with Crippen molar-refractivity contribution in [3.8, 4) is 5.75 Å². The maximum Gasteiger partial charge on any atom is 0.270 e. The van der Waals surface area contributed by atoms with Crippen molar-refractivity contribution in [1.29, 1.82) is 0 Å². The quantitative estimate of drug-likeness (QED) is 0.877. The number of H-pyrrole nitrogens is 1. The van der Waals surface area contributed by atoms with Gasteiger partial charge in [-0.2, -0.15) is 5.10 Å². The molecule has 1 aliphatic carbocycles. The van der Waals surface area contributed by atoms with E-state index >= 15 is 0 Å². The van der Waals surface area contributed by atoms with Crippen molar-refractivity contribution in [3.05, 3.63) is 35.9 Å². The van der Waals surface area contributed by atoms with E-state index in [0.717, 1.165) is 18.4 Å². The summed E-state index contributed by atoms with van der Waals surface area (Å²) in [5.74, 6) is 1.05. The van der Waals surface area contributed by atoms with Gasteiger partial charge in [0.25, 0.3) is 5.91 Å². The second kappa shape index (κ2) is 5.42. The molecule has 1 saturated heterocycles. The number of amides is 1. The van der Waals surface area contributed by atoms with Crippen molar-refractivity contribution in [3.63, 3.8) is 0 Å². The van der Waals surface area contributed by atoms with Crippen molar-refractivity contribution in [2.75, 3.05) is 13.1 Å². The first-order chi connectivity index (χ1) is 11.1. The third-order valence-electron chi connectivity index (χ3n) is 4.50. The van der Waals surface area contributed by atoms with Gasteiger partial charge in [-0.15, -0.1) is 0 Å². The lowest BCUT2D eigenvalue weighted by Gasteiger charge is -2.16. The summed E-state index contributed by atoms with van der Waals surface area (Å²) in [6.07, 6.45) is 6.33. The van der Waals surface area contributed by atoms with E-state index in [4.69, 9.17) is 4.74 Å². The largest absolute Gasteiger partial charge is 0.482 e. The number of likely N-dealkylation sites (tertiary alicyclic amines) is 1. The van der Waals surface area contributed by atoms with Gasteiger partial charge in [-0.25, -0.2) is 0 Å². The van der Waals surface area contributed by atoms with Crippen LogP contribution in [0.2, 0.25) is 0 Å². The lowest BCUT2D eigenvalue weighted by atomic mass is 10.1. The second-order valence-electron chi connectivity index (χ2n) is 6.37. The molecule has 7 heteroatoms. The van der Waals surface area contributed by atoms with E-state index in [0.29, 0.717) is 23.9 Å². The van der Waals surface area contributed by atoms with Gasteiger partial charge in [-0.3, -0.25) is 9.48 Å². The molecular weight excluding hydrogens is 296 g/mol. The number of β-amino-alcohol motifs (C(OH)–C–C–N with tert-alkyl or cyclic N) is 1. The van der Waals surface area contributed by atoms with Gasteiger partial charge in [0, 0.05) is 13.2 Å². The number of ether oxygens (including phenoxy) is 1. The van der Waals surface area contributed by atoms with Crippen LogP contribution in [0.4, 0.5) is 0 Å². The molecule has 2 aromatic rings. The van der Waals surface area contributed by atoms with Crippen LogP contribution >= 0.6 is 0 Å². The third-order valence-corrected chi connectivity index (χ3v) is 4.50. The number of hydrogen-bond acceptors (Lipinski definition) is 4. The highest BCUT2D eigenvalue weighted by atomic mass is 16.5. The highest BCUT2D eigenvalue weighted by Gasteiger charge is 2.38. The minimum atomic E-state index is -0.696. The zero-order valence-electron chi connectivity index (χ0n) is 13.0. The van der Waals surface area contributed by atoms with Crippen LogP contribution in [0, 0.1) is 0 Å². The fourth-order valence-corrected chi connectivity index (χ4v) is 3.13. The lowest BCUT2D eigenvalue weighted by molar-refractivity contribution is 0.0728. The number of hydrogen-bond donors (Lipinski definition) is 2. The number of aromatic nitrogens is 3. The molecule has 1 saturated carbocycles. The summed E-state index contributed by atoms with van der Waals surface area (Å²) in [6.45, 7) is 0.658. The van der Waals surface area contributed by atoms with Crippen LogP contribution in [0.15, 0.2) is 24.7 Å². The molecule has 0 aromatic carbocycles. The Hall–Kier alpha value is -2.28. The maximum absolute atomic E-state index is 12.7. The van der Waals surface area contributed by atoms with Gasteiger partial charge < -0.3 is 19.7 Å². The predicted molar refractivity (Wildman–Crippen MR) is 82.3 cm³/mol. The van der Waals surface area contributed by atoms with Crippen molar-refractivity contribution >= 4 is 5.91 Å². The fourth-order valence-electron chi connectivity index (χ4n) is 3.13. The number of carbonyl (C=O) groups is 1. The van der Waals surface area contributed by atoms with Gasteiger partial charge in [0.15, 0.2) is 5.75 Å². The molecule has 0 spiro atoms. The molecule has 0 unspecified atom stereocenters. The monoisotopic (exact) mass is 316 g/mol. The Kier molecular flexibility index (Phi) is 3.37. The summed E-state index contributed by atoms with van der Waals surface area (Å²) in [6, 6.07) is 1.99. The first-order valence-electron chi connectivity index (χ1n) is 7.91. The van der Waals surface area contributed by atoms with Crippen LogP contribution in [0.1, 0.15) is 34.8 Å².